The van der Waals surface area contributed by atoms with Crippen molar-refractivity contribution in [2.75, 3.05) is 13.1 Å². The van der Waals surface area contributed by atoms with Gasteiger partial charge in [0.1, 0.15) is 0 Å². The van der Waals surface area contributed by atoms with Crippen molar-refractivity contribution in [3.63, 3.8) is 0 Å². The van der Waals surface area contributed by atoms with E-state index in [0.717, 1.165) is 32.4 Å². The van der Waals surface area contributed by atoms with Gasteiger partial charge >= 0.3 is 0 Å². The first kappa shape index (κ1) is 16.7. The summed E-state index contributed by atoms with van der Waals surface area (Å²) in [6.07, 6.45) is 7.80. The van der Waals surface area contributed by atoms with Crippen molar-refractivity contribution in [3.8, 4) is 0 Å². The number of benzene rings is 1. The minimum absolute atomic E-state index is 0.0870. The van der Waals surface area contributed by atoms with Gasteiger partial charge in [-0.3, -0.25) is 4.79 Å². The molecule has 1 aliphatic heterocycles. The van der Waals surface area contributed by atoms with Crippen molar-refractivity contribution in [3.05, 3.63) is 59.7 Å². The lowest BCUT2D eigenvalue weighted by molar-refractivity contribution is 0.0656. The lowest BCUT2D eigenvalue weighted by Gasteiger charge is -2.32. The van der Waals surface area contributed by atoms with E-state index in [1.807, 2.05) is 4.90 Å². The Morgan fingerprint density at radius 1 is 1.27 bits per heavy atom. The number of hydrogen-bond donors (Lipinski definition) is 0. The highest BCUT2D eigenvalue weighted by Gasteiger charge is 2.27. The Balaban J connectivity index is 1.41. The number of amides is 1. The second-order valence-corrected chi connectivity index (χ2v) is 7.02. The average Bonchev–Trinajstić information content (AvgIpc) is 3.11. The molecule has 1 atom stereocenters. The molecule has 1 saturated heterocycles. The van der Waals surface area contributed by atoms with Crippen molar-refractivity contribution in [1.29, 1.82) is 0 Å². The van der Waals surface area contributed by atoms with Gasteiger partial charge in [0.15, 0.2) is 0 Å². The lowest BCUT2D eigenvalue weighted by atomic mass is 9.90. The molecule has 0 bridgehead atoms. The van der Waals surface area contributed by atoms with Gasteiger partial charge in [0.2, 0.25) is 5.82 Å². The van der Waals surface area contributed by atoms with Gasteiger partial charge < -0.3 is 4.90 Å². The lowest BCUT2D eigenvalue weighted by Crippen LogP contribution is -2.40. The van der Waals surface area contributed by atoms with Crippen molar-refractivity contribution >= 4 is 11.7 Å². The zero-order valence-corrected chi connectivity index (χ0v) is 15.0. The molecule has 0 spiro atoms. The third kappa shape index (κ3) is 3.45. The van der Waals surface area contributed by atoms with E-state index in [2.05, 4.69) is 46.3 Å². The second kappa shape index (κ2) is 7.23. The summed E-state index contributed by atoms with van der Waals surface area (Å²) < 4.78 is 1.55. The van der Waals surface area contributed by atoms with Gasteiger partial charge in [0, 0.05) is 25.5 Å². The predicted octanol–water partition coefficient (Wildman–Crippen LogP) is 2.92. The van der Waals surface area contributed by atoms with E-state index in [1.165, 1.54) is 17.5 Å². The fraction of sp³-hybridized carbons (Fsp3) is 0.400. The maximum atomic E-state index is 12.8. The van der Waals surface area contributed by atoms with Crippen LogP contribution in [0.5, 0.6) is 0 Å². The van der Waals surface area contributed by atoms with Crippen LogP contribution in [0.3, 0.4) is 0 Å². The number of rotatable bonds is 4. The number of carbonyl (C=O) groups excluding carboxylic acids is 1. The third-order valence-electron chi connectivity index (χ3n) is 5.20. The van der Waals surface area contributed by atoms with Crippen LogP contribution >= 0.6 is 0 Å². The zero-order valence-electron chi connectivity index (χ0n) is 15.0. The van der Waals surface area contributed by atoms with Crippen molar-refractivity contribution < 1.29 is 4.79 Å². The minimum Gasteiger partial charge on any atom is -0.336 e. The van der Waals surface area contributed by atoms with Crippen molar-refractivity contribution in [2.45, 2.75) is 32.6 Å². The van der Waals surface area contributed by atoms with Gasteiger partial charge in [-0.25, -0.2) is 9.50 Å². The summed E-state index contributed by atoms with van der Waals surface area (Å²) in [5.74, 6) is 1.14. The molecule has 3 aromatic rings. The van der Waals surface area contributed by atoms with Crippen LogP contribution in [0.15, 0.2) is 42.7 Å². The molecule has 0 N–H and O–H groups in total. The molecule has 3 heterocycles. The van der Waals surface area contributed by atoms with Crippen LogP contribution in [0.1, 0.15) is 41.0 Å². The molecule has 1 amide bonds. The van der Waals surface area contributed by atoms with Crippen LogP contribution in [-0.2, 0) is 6.42 Å². The van der Waals surface area contributed by atoms with Crippen molar-refractivity contribution in [2.24, 2.45) is 5.92 Å². The molecular weight excluding hydrogens is 326 g/mol. The molecule has 26 heavy (non-hydrogen) atoms. The number of carbonyl (C=O) groups is 1. The Labute approximate surface area is 152 Å². The molecule has 0 radical (unpaired) electrons. The predicted molar refractivity (Wildman–Crippen MR) is 98.9 cm³/mol. The molecule has 2 aromatic heterocycles. The van der Waals surface area contributed by atoms with Gasteiger partial charge in [0.05, 0.1) is 0 Å². The Morgan fingerprint density at radius 3 is 3.00 bits per heavy atom. The Hall–Kier alpha value is -2.76. The Kier molecular flexibility index (Phi) is 4.65. The molecule has 1 aromatic carbocycles. The van der Waals surface area contributed by atoms with Crippen LogP contribution in [0, 0.1) is 12.8 Å². The number of fused-ring (bicyclic) bond motifs is 1. The number of aryl methyl sites for hydroxylation is 2. The van der Waals surface area contributed by atoms with E-state index in [-0.39, 0.29) is 11.7 Å². The first-order valence-electron chi connectivity index (χ1n) is 9.22. The van der Waals surface area contributed by atoms with E-state index in [9.17, 15) is 4.79 Å². The molecule has 6 nitrogen and oxygen atoms in total. The topological polar surface area (TPSA) is 63.4 Å². The maximum Gasteiger partial charge on any atom is 0.293 e. The highest BCUT2D eigenvalue weighted by Crippen LogP contribution is 2.23. The van der Waals surface area contributed by atoms with Crippen LogP contribution in [0.2, 0.25) is 0 Å². The zero-order chi connectivity index (χ0) is 17.9. The van der Waals surface area contributed by atoms with Gasteiger partial charge in [-0.15, -0.1) is 5.10 Å². The SMILES string of the molecule is Cc1ccccc1CC[C@H]1CCCN(C(=O)c2nc3ncccn3n2)C1. The fourth-order valence-electron chi connectivity index (χ4n) is 3.70. The first-order chi connectivity index (χ1) is 12.7. The summed E-state index contributed by atoms with van der Waals surface area (Å²) in [7, 11) is 0. The van der Waals surface area contributed by atoms with E-state index < -0.39 is 0 Å². The molecular formula is C20H23N5O. The summed E-state index contributed by atoms with van der Waals surface area (Å²) >= 11 is 0. The third-order valence-corrected chi connectivity index (χ3v) is 5.20. The highest BCUT2D eigenvalue weighted by atomic mass is 16.2. The Morgan fingerprint density at radius 2 is 2.15 bits per heavy atom. The molecule has 134 valence electrons. The maximum absolute atomic E-state index is 12.8. The van der Waals surface area contributed by atoms with E-state index >= 15 is 0 Å². The van der Waals surface area contributed by atoms with E-state index in [0.29, 0.717) is 11.7 Å². The van der Waals surface area contributed by atoms with Crippen LogP contribution < -0.4 is 0 Å². The smallest absolute Gasteiger partial charge is 0.293 e. The van der Waals surface area contributed by atoms with Crippen LogP contribution in [-0.4, -0.2) is 43.5 Å². The quantitative estimate of drug-likeness (QED) is 0.726. The molecule has 4 rings (SSSR count). The van der Waals surface area contributed by atoms with Crippen LogP contribution in [0.25, 0.3) is 5.78 Å². The number of piperidine rings is 1. The molecule has 1 aliphatic rings. The van der Waals surface area contributed by atoms with Crippen LogP contribution in [0.4, 0.5) is 0 Å². The normalized spacial score (nSPS) is 17.6. The Bertz CT molecular complexity index is 886. The monoisotopic (exact) mass is 349 g/mol. The van der Waals surface area contributed by atoms with Gasteiger partial charge in [-0.1, -0.05) is 24.3 Å². The van der Waals surface area contributed by atoms with E-state index in [1.54, 1.807) is 23.0 Å². The van der Waals surface area contributed by atoms with Gasteiger partial charge in [0.25, 0.3) is 11.7 Å². The second-order valence-electron chi connectivity index (χ2n) is 7.02. The molecule has 0 saturated carbocycles. The summed E-state index contributed by atoms with van der Waals surface area (Å²) in [6.45, 7) is 3.73. The molecule has 0 unspecified atom stereocenters. The number of nitrogens with zero attached hydrogens (tertiary/aromatic N) is 5. The standard InChI is InChI=1S/C20H23N5O/c1-15-6-2-3-8-17(15)10-9-16-7-4-12-24(14-16)19(26)18-22-20-21-11-5-13-25(20)23-18/h2-3,5-6,8,11,13,16H,4,7,9-10,12,14H2,1H3/t16-/m1/s1. The van der Waals surface area contributed by atoms with Gasteiger partial charge in [-0.2, -0.15) is 4.98 Å². The highest BCUT2D eigenvalue weighted by molar-refractivity contribution is 5.90. The summed E-state index contributed by atoms with van der Waals surface area (Å²) in [5.41, 5.74) is 2.75. The number of likely N-dealkylation sites (tertiary alicyclic amines) is 1. The fourth-order valence-corrected chi connectivity index (χ4v) is 3.70. The van der Waals surface area contributed by atoms with Gasteiger partial charge in [-0.05, 0) is 55.7 Å². The number of aromatic nitrogens is 4. The molecule has 0 aliphatic carbocycles. The summed E-state index contributed by atoms with van der Waals surface area (Å²) in [6, 6.07) is 10.3. The van der Waals surface area contributed by atoms with E-state index in [4.69, 9.17) is 0 Å². The molecule has 6 heteroatoms. The largest absolute Gasteiger partial charge is 0.336 e. The summed E-state index contributed by atoms with van der Waals surface area (Å²) in [4.78, 5) is 23.1. The minimum atomic E-state index is -0.0870. The average molecular weight is 349 g/mol. The number of hydrogen-bond acceptors (Lipinski definition) is 4. The molecule has 1 fully saturated rings. The van der Waals surface area contributed by atoms with Crippen molar-refractivity contribution in [1.82, 2.24) is 24.5 Å². The first-order valence-corrected chi connectivity index (χ1v) is 9.22. The summed E-state index contributed by atoms with van der Waals surface area (Å²) in [5, 5.41) is 4.27.